The highest BCUT2D eigenvalue weighted by Crippen LogP contribution is 2.08. The van der Waals surface area contributed by atoms with Crippen molar-refractivity contribution in [2.45, 2.75) is 32.7 Å². The Bertz CT molecular complexity index is 162. The molecule has 1 N–H and O–H groups in total. The monoisotopic (exact) mass is 214 g/mol. The maximum atomic E-state index is 5.06. The molecular formula is C12H26N2O. The summed E-state index contributed by atoms with van der Waals surface area (Å²) in [7, 11) is 1.78. The molecule has 0 radical (unpaired) electrons. The quantitative estimate of drug-likeness (QED) is 0.675. The van der Waals surface area contributed by atoms with Crippen LogP contribution < -0.4 is 5.32 Å². The number of nitrogens with one attached hydrogen (secondary N) is 1. The lowest BCUT2D eigenvalue weighted by atomic mass is 10.0. The molecule has 0 spiro atoms. The second-order valence-electron chi connectivity index (χ2n) is 4.81. The van der Waals surface area contributed by atoms with E-state index in [9.17, 15) is 0 Å². The molecule has 3 heteroatoms. The highest BCUT2D eigenvalue weighted by molar-refractivity contribution is 4.80. The molecule has 90 valence electrons. The van der Waals surface area contributed by atoms with Crippen LogP contribution in [0.4, 0.5) is 0 Å². The fourth-order valence-electron chi connectivity index (χ4n) is 2.07. The van der Waals surface area contributed by atoms with Crippen LogP contribution in [0.1, 0.15) is 26.7 Å². The van der Waals surface area contributed by atoms with Gasteiger partial charge in [-0.05, 0) is 25.3 Å². The first kappa shape index (κ1) is 12.9. The van der Waals surface area contributed by atoms with Crippen molar-refractivity contribution in [3.63, 3.8) is 0 Å². The van der Waals surface area contributed by atoms with Gasteiger partial charge in [-0.2, -0.15) is 0 Å². The van der Waals surface area contributed by atoms with Crippen LogP contribution >= 0.6 is 0 Å². The third-order valence-electron chi connectivity index (χ3n) is 3.17. The van der Waals surface area contributed by atoms with E-state index < -0.39 is 0 Å². The van der Waals surface area contributed by atoms with Crippen molar-refractivity contribution in [1.82, 2.24) is 10.2 Å². The average molecular weight is 214 g/mol. The Labute approximate surface area is 94.2 Å². The van der Waals surface area contributed by atoms with E-state index in [2.05, 4.69) is 24.1 Å². The Morgan fingerprint density at radius 1 is 1.40 bits per heavy atom. The topological polar surface area (TPSA) is 24.5 Å². The van der Waals surface area contributed by atoms with Crippen LogP contribution in [0, 0.1) is 5.92 Å². The van der Waals surface area contributed by atoms with Gasteiger partial charge in [0.15, 0.2) is 0 Å². The summed E-state index contributed by atoms with van der Waals surface area (Å²) in [5, 5.41) is 3.58. The molecule has 0 aromatic carbocycles. The number of hydrogen-bond donors (Lipinski definition) is 1. The summed E-state index contributed by atoms with van der Waals surface area (Å²) in [5.74, 6) is 0.742. The molecule has 1 unspecified atom stereocenters. The molecule has 0 aromatic heterocycles. The lowest BCUT2D eigenvalue weighted by molar-refractivity contribution is 0.157. The molecule has 1 saturated heterocycles. The maximum absolute atomic E-state index is 5.06. The minimum absolute atomic E-state index is 0.682. The first-order valence-corrected chi connectivity index (χ1v) is 6.18. The predicted octanol–water partition coefficient (Wildman–Crippen LogP) is 1.34. The van der Waals surface area contributed by atoms with Gasteiger partial charge in [0, 0.05) is 39.4 Å². The van der Waals surface area contributed by atoms with Gasteiger partial charge in [0.05, 0.1) is 0 Å². The summed E-state index contributed by atoms with van der Waals surface area (Å²) in [4.78, 5) is 2.58. The van der Waals surface area contributed by atoms with Crippen LogP contribution in [0.15, 0.2) is 0 Å². The van der Waals surface area contributed by atoms with E-state index in [0.29, 0.717) is 6.04 Å². The number of piperazine rings is 1. The lowest BCUT2D eigenvalue weighted by Gasteiger charge is -2.35. The molecule has 0 aliphatic carbocycles. The lowest BCUT2D eigenvalue weighted by Crippen LogP contribution is -2.52. The third kappa shape index (κ3) is 4.96. The highest BCUT2D eigenvalue weighted by atomic mass is 16.5. The molecule has 1 aliphatic heterocycles. The molecule has 1 fully saturated rings. The molecule has 0 aromatic rings. The van der Waals surface area contributed by atoms with E-state index in [1.807, 2.05) is 0 Å². The van der Waals surface area contributed by atoms with Gasteiger partial charge in [0.25, 0.3) is 0 Å². The maximum Gasteiger partial charge on any atom is 0.0462 e. The van der Waals surface area contributed by atoms with Gasteiger partial charge in [-0.25, -0.2) is 0 Å². The van der Waals surface area contributed by atoms with Gasteiger partial charge in [-0.3, -0.25) is 0 Å². The van der Waals surface area contributed by atoms with Gasteiger partial charge >= 0.3 is 0 Å². The molecule has 1 atom stereocenters. The zero-order chi connectivity index (χ0) is 11.1. The zero-order valence-corrected chi connectivity index (χ0v) is 10.5. The van der Waals surface area contributed by atoms with E-state index in [4.69, 9.17) is 4.74 Å². The van der Waals surface area contributed by atoms with E-state index >= 15 is 0 Å². The van der Waals surface area contributed by atoms with Gasteiger partial charge in [-0.1, -0.05) is 13.8 Å². The van der Waals surface area contributed by atoms with E-state index in [1.54, 1.807) is 7.11 Å². The smallest absolute Gasteiger partial charge is 0.0462 e. The highest BCUT2D eigenvalue weighted by Gasteiger charge is 2.20. The number of hydrogen-bond acceptors (Lipinski definition) is 3. The van der Waals surface area contributed by atoms with Crippen LogP contribution in [0.25, 0.3) is 0 Å². The number of methoxy groups -OCH3 is 1. The third-order valence-corrected chi connectivity index (χ3v) is 3.17. The fraction of sp³-hybridized carbons (Fsp3) is 1.00. The average Bonchev–Trinajstić information content (AvgIpc) is 2.25. The van der Waals surface area contributed by atoms with Gasteiger partial charge in [0.1, 0.15) is 0 Å². The molecule has 15 heavy (non-hydrogen) atoms. The Morgan fingerprint density at radius 2 is 2.20 bits per heavy atom. The van der Waals surface area contributed by atoms with Crippen LogP contribution in [-0.2, 0) is 4.74 Å². The van der Waals surface area contributed by atoms with Gasteiger partial charge in [-0.15, -0.1) is 0 Å². The minimum atomic E-state index is 0.682. The summed E-state index contributed by atoms with van der Waals surface area (Å²) < 4.78 is 5.06. The van der Waals surface area contributed by atoms with Gasteiger partial charge < -0.3 is 15.0 Å². The minimum Gasteiger partial charge on any atom is -0.385 e. The van der Waals surface area contributed by atoms with Crippen molar-refractivity contribution >= 4 is 0 Å². The van der Waals surface area contributed by atoms with Crippen LogP contribution in [-0.4, -0.2) is 50.8 Å². The summed E-state index contributed by atoms with van der Waals surface area (Å²) in [5.41, 5.74) is 0. The van der Waals surface area contributed by atoms with Crippen LogP contribution in [0.2, 0.25) is 0 Å². The Morgan fingerprint density at radius 3 is 2.87 bits per heavy atom. The first-order chi connectivity index (χ1) is 7.24. The summed E-state index contributed by atoms with van der Waals surface area (Å²) in [6.07, 6.45) is 2.45. The summed E-state index contributed by atoms with van der Waals surface area (Å²) in [6, 6.07) is 0.682. The second kappa shape index (κ2) is 7.20. The molecule has 1 aliphatic rings. The normalized spacial score (nSPS) is 23.6. The van der Waals surface area contributed by atoms with Crippen molar-refractivity contribution in [2.75, 3.05) is 39.9 Å². The Hall–Kier alpha value is -0.120. The number of unbranched alkanes of at least 4 members (excludes halogenated alkanes) is 1. The SMILES string of the molecule is COCCCCN1CCNC(C(C)C)C1. The van der Waals surface area contributed by atoms with E-state index in [1.165, 1.54) is 32.5 Å². The standard InChI is InChI=1S/C12H26N2O/c1-11(2)12-10-14(8-6-13-12)7-4-5-9-15-3/h11-13H,4-10H2,1-3H3. The summed E-state index contributed by atoms with van der Waals surface area (Å²) in [6.45, 7) is 10.3. The number of nitrogens with zero attached hydrogens (tertiary/aromatic N) is 1. The van der Waals surface area contributed by atoms with E-state index in [0.717, 1.165) is 19.1 Å². The Balaban J connectivity index is 2.13. The molecule has 3 nitrogen and oxygen atoms in total. The van der Waals surface area contributed by atoms with Crippen molar-refractivity contribution in [3.8, 4) is 0 Å². The van der Waals surface area contributed by atoms with E-state index in [-0.39, 0.29) is 0 Å². The molecule has 1 heterocycles. The van der Waals surface area contributed by atoms with Crippen molar-refractivity contribution in [2.24, 2.45) is 5.92 Å². The summed E-state index contributed by atoms with van der Waals surface area (Å²) >= 11 is 0. The fourth-order valence-corrected chi connectivity index (χ4v) is 2.07. The molecule has 0 saturated carbocycles. The van der Waals surface area contributed by atoms with Crippen molar-refractivity contribution in [1.29, 1.82) is 0 Å². The predicted molar refractivity (Wildman–Crippen MR) is 64.2 cm³/mol. The number of rotatable bonds is 6. The van der Waals surface area contributed by atoms with Crippen molar-refractivity contribution in [3.05, 3.63) is 0 Å². The first-order valence-electron chi connectivity index (χ1n) is 6.18. The molecule has 0 bridgehead atoms. The molecule has 1 rings (SSSR count). The van der Waals surface area contributed by atoms with Crippen molar-refractivity contribution < 1.29 is 4.74 Å². The second-order valence-corrected chi connectivity index (χ2v) is 4.81. The van der Waals surface area contributed by atoms with Crippen LogP contribution in [0.5, 0.6) is 0 Å². The zero-order valence-electron chi connectivity index (χ0n) is 10.5. The Kier molecular flexibility index (Phi) is 6.22. The largest absolute Gasteiger partial charge is 0.385 e. The van der Waals surface area contributed by atoms with Gasteiger partial charge in [0.2, 0.25) is 0 Å². The molecule has 0 amide bonds. The van der Waals surface area contributed by atoms with Crippen LogP contribution in [0.3, 0.4) is 0 Å². The number of ether oxygens (including phenoxy) is 1. The molecular weight excluding hydrogens is 188 g/mol.